The number of benzene rings is 2. The Labute approximate surface area is 169 Å². The number of rotatable bonds is 5. The van der Waals surface area contributed by atoms with Gasteiger partial charge in [-0.2, -0.15) is 5.10 Å². The summed E-state index contributed by atoms with van der Waals surface area (Å²) in [6.07, 6.45) is 1.57. The molecule has 2 heterocycles. The zero-order chi connectivity index (χ0) is 19.5. The van der Waals surface area contributed by atoms with Crippen molar-refractivity contribution in [1.29, 1.82) is 0 Å². The van der Waals surface area contributed by atoms with Gasteiger partial charge in [-0.3, -0.25) is 14.4 Å². The lowest BCUT2D eigenvalue weighted by molar-refractivity contribution is -0.138. The predicted octanol–water partition coefficient (Wildman–Crippen LogP) is 3.74. The van der Waals surface area contributed by atoms with Crippen LogP contribution in [0.25, 0.3) is 11.3 Å². The van der Waals surface area contributed by atoms with Crippen LogP contribution >= 0.6 is 11.6 Å². The minimum atomic E-state index is -0.783. The second-order valence-corrected chi connectivity index (χ2v) is 7.53. The van der Waals surface area contributed by atoms with Crippen molar-refractivity contribution in [2.75, 3.05) is 19.6 Å². The number of nitrogens with zero attached hydrogens (tertiary/aromatic N) is 3. The smallest absolute Gasteiger partial charge is 0.317 e. The van der Waals surface area contributed by atoms with Crippen LogP contribution in [0.3, 0.4) is 0 Å². The molecule has 0 spiro atoms. The second-order valence-electron chi connectivity index (χ2n) is 7.09. The lowest BCUT2D eigenvalue weighted by atomic mass is 10.0. The van der Waals surface area contributed by atoms with E-state index < -0.39 is 5.97 Å². The molecule has 3 aromatic rings. The first-order chi connectivity index (χ1) is 13.6. The molecule has 0 unspecified atom stereocenters. The highest BCUT2D eigenvalue weighted by Gasteiger charge is 2.24. The first-order valence-electron chi connectivity index (χ1n) is 9.43. The Balaban J connectivity index is 1.71. The van der Waals surface area contributed by atoms with Crippen molar-refractivity contribution in [1.82, 2.24) is 14.7 Å². The molecule has 2 aromatic carbocycles. The summed E-state index contributed by atoms with van der Waals surface area (Å²) in [6, 6.07) is 18.0. The Morgan fingerprint density at radius 3 is 2.46 bits per heavy atom. The van der Waals surface area contributed by atoms with Gasteiger partial charge < -0.3 is 5.11 Å². The molecule has 0 saturated heterocycles. The summed E-state index contributed by atoms with van der Waals surface area (Å²) in [5, 5.41) is 14.8. The lowest BCUT2D eigenvalue weighted by Crippen LogP contribution is -2.32. The predicted molar refractivity (Wildman–Crippen MR) is 110 cm³/mol. The summed E-state index contributed by atoms with van der Waals surface area (Å²) in [5.41, 5.74) is 5.62. The van der Waals surface area contributed by atoms with Gasteiger partial charge in [0.1, 0.15) is 0 Å². The first kappa shape index (κ1) is 18.7. The van der Waals surface area contributed by atoms with Crippen LogP contribution in [0.1, 0.15) is 16.8 Å². The van der Waals surface area contributed by atoms with Crippen molar-refractivity contribution in [3.8, 4) is 11.3 Å². The quantitative estimate of drug-likeness (QED) is 0.715. The third-order valence-corrected chi connectivity index (χ3v) is 5.41. The van der Waals surface area contributed by atoms with Crippen LogP contribution in [-0.2, 0) is 24.2 Å². The maximum absolute atomic E-state index is 11.1. The highest BCUT2D eigenvalue weighted by molar-refractivity contribution is 6.30. The summed E-state index contributed by atoms with van der Waals surface area (Å²) in [5.74, 6) is -0.783. The van der Waals surface area contributed by atoms with Crippen LogP contribution < -0.4 is 0 Å². The number of aliphatic carboxylic acids is 1. The SMILES string of the molecule is O=C(O)CN1CCc2c(-c3ccc(Cl)cc3)nn(Cc3ccccc3)c2CC1. The van der Waals surface area contributed by atoms with Crippen LogP contribution in [-0.4, -0.2) is 45.4 Å². The Bertz CT molecular complexity index is 967. The van der Waals surface area contributed by atoms with Crippen LogP contribution in [0.5, 0.6) is 0 Å². The molecule has 1 aliphatic heterocycles. The third kappa shape index (κ3) is 4.11. The molecule has 0 radical (unpaired) electrons. The number of halogens is 1. The number of fused-ring (bicyclic) bond motifs is 1. The zero-order valence-corrected chi connectivity index (χ0v) is 16.3. The van der Waals surface area contributed by atoms with Crippen molar-refractivity contribution >= 4 is 17.6 Å². The van der Waals surface area contributed by atoms with Gasteiger partial charge in [-0.1, -0.05) is 54.1 Å². The van der Waals surface area contributed by atoms with E-state index in [1.807, 2.05) is 47.4 Å². The fourth-order valence-corrected chi connectivity index (χ4v) is 3.92. The van der Waals surface area contributed by atoms with Crippen molar-refractivity contribution in [3.63, 3.8) is 0 Å². The fourth-order valence-electron chi connectivity index (χ4n) is 3.80. The molecule has 5 nitrogen and oxygen atoms in total. The average Bonchev–Trinajstić information content (AvgIpc) is 2.88. The summed E-state index contributed by atoms with van der Waals surface area (Å²) >= 11 is 6.06. The molecule has 1 N–H and O–H groups in total. The van der Waals surface area contributed by atoms with E-state index in [-0.39, 0.29) is 6.54 Å². The lowest BCUT2D eigenvalue weighted by Gasteiger charge is -2.17. The van der Waals surface area contributed by atoms with Gasteiger partial charge >= 0.3 is 5.97 Å². The Kier molecular flexibility index (Phi) is 5.46. The topological polar surface area (TPSA) is 58.4 Å². The summed E-state index contributed by atoms with van der Waals surface area (Å²) in [4.78, 5) is 13.1. The van der Waals surface area contributed by atoms with Crippen molar-refractivity contribution in [3.05, 3.63) is 76.4 Å². The molecule has 144 valence electrons. The molecule has 0 saturated carbocycles. The van der Waals surface area contributed by atoms with Crippen molar-refractivity contribution < 1.29 is 9.90 Å². The molecule has 28 heavy (non-hydrogen) atoms. The fraction of sp³-hybridized carbons (Fsp3) is 0.273. The van der Waals surface area contributed by atoms with Crippen molar-refractivity contribution in [2.24, 2.45) is 0 Å². The number of hydrogen-bond donors (Lipinski definition) is 1. The second kappa shape index (κ2) is 8.17. The van der Waals surface area contributed by atoms with Gasteiger partial charge in [-0.15, -0.1) is 0 Å². The van der Waals surface area contributed by atoms with Crippen LogP contribution in [0.4, 0.5) is 0 Å². The van der Waals surface area contributed by atoms with Gasteiger partial charge in [0.25, 0.3) is 0 Å². The average molecular weight is 396 g/mol. The molecule has 6 heteroatoms. The Morgan fingerprint density at radius 2 is 1.75 bits per heavy atom. The minimum absolute atomic E-state index is 0.0761. The number of carboxylic acid groups (broad SMARTS) is 1. The molecule has 0 bridgehead atoms. The van der Waals surface area contributed by atoms with Gasteiger partial charge in [0.05, 0.1) is 18.8 Å². The highest BCUT2D eigenvalue weighted by Crippen LogP contribution is 2.30. The van der Waals surface area contributed by atoms with E-state index in [0.717, 1.165) is 37.2 Å². The number of carboxylic acids is 1. The molecule has 4 rings (SSSR count). The van der Waals surface area contributed by atoms with Crippen molar-refractivity contribution in [2.45, 2.75) is 19.4 Å². The number of aromatic nitrogens is 2. The standard InChI is InChI=1S/C22H22ClN3O2/c23-18-8-6-17(7-9-18)22-19-10-12-25(15-21(27)28)13-11-20(19)26(24-22)14-16-4-2-1-3-5-16/h1-9H,10-15H2,(H,27,28). The van der Waals surface area contributed by atoms with Gasteiger partial charge in [-0.05, 0) is 24.1 Å². The highest BCUT2D eigenvalue weighted by atomic mass is 35.5. The maximum atomic E-state index is 11.1. The van der Waals surface area contributed by atoms with E-state index in [1.165, 1.54) is 16.8 Å². The van der Waals surface area contributed by atoms with E-state index >= 15 is 0 Å². The Morgan fingerprint density at radius 1 is 1.04 bits per heavy atom. The first-order valence-corrected chi connectivity index (χ1v) is 9.80. The van der Waals surface area contributed by atoms with E-state index in [1.54, 1.807) is 0 Å². The van der Waals surface area contributed by atoms with Gasteiger partial charge in [0.2, 0.25) is 0 Å². The molecule has 0 fully saturated rings. The molecular formula is C22H22ClN3O2. The molecule has 0 aliphatic carbocycles. The largest absolute Gasteiger partial charge is 0.480 e. The zero-order valence-electron chi connectivity index (χ0n) is 15.5. The summed E-state index contributed by atoms with van der Waals surface area (Å²) < 4.78 is 2.08. The van der Waals surface area contributed by atoms with E-state index in [9.17, 15) is 4.79 Å². The molecule has 1 aliphatic rings. The minimum Gasteiger partial charge on any atom is -0.480 e. The van der Waals surface area contributed by atoms with Crippen LogP contribution in [0.15, 0.2) is 54.6 Å². The molecule has 1 aromatic heterocycles. The maximum Gasteiger partial charge on any atom is 0.317 e. The number of carbonyl (C=O) groups is 1. The monoisotopic (exact) mass is 395 g/mol. The Hall–Kier alpha value is -2.63. The van der Waals surface area contributed by atoms with E-state index in [4.69, 9.17) is 21.8 Å². The number of hydrogen-bond acceptors (Lipinski definition) is 3. The van der Waals surface area contributed by atoms with Gasteiger partial charge in [-0.25, -0.2) is 0 Å². The normalized spacial score (nSPS) is 14.5. The molecule has 0 atom stereocenters. The molecular weight excluding hydrogens is 374 g/mol. The van der Waals surface area contributed by atoms with Crippen LogP contribution in [0, 0.1) is 0 Å². The van der Waals surface area contributed by atoms with Crippen LogP contribution in [0.2, 0.25) is 5.02 Å². The third-order valence-electron chi connectivity index (χ3n) is 5.16. The summed E-state index contributed by atoms with van der Waals surface area (Å²) in [7, 11) is 0. The van der Waals surface area contributed by atoms with Gasteiger partial charge in [0.15, 0.2) is 0 Å². The molecule has 0 amide bonds. The van der Waals surface area contributed by atoms with E-state index in [2.05, 4.69) is 16.8 Å². The van der Waals surface area contributed by atoms with E-state index in [0.29, 0.717) is 11.6 Å². The summed E-state index contributed by atoms with van der Waals surface area (Å²) in [6.45, 7) is 2.22. The van der Waals surface area contributed by atoms with Gasteiger partial charge in [0, 0.05) is 41.4 Å².